The molecule has 4 heteroatoms. The van der Waals surface area contributed by atoms with E-state index < -0.39 is 6.16 Å². The van der Waals surface area contributed by atoms with E-state index >= 15 is 0 Å². The minimum Gasteiger partial charge on any atom is -0.450 e. The first-order valence-corrected chi connectivity index (χ1v) is 3.57. The summed E-state index contributed by atoms with van der Waals surface area (Å²) in [6.07, 6.45) is 0.797. The molecule has 0 fully saturated rings. The van der Waals surface area contributed by atoms with Crippen LogP contribution in [0, 0.1) is 0 Å². The minimum absolute atomic E-state index is 1.23. The average molecular weight is 163 g/mol. The summed E-state index contributed by atoms with van der Waals surface area (Å²) < 4.78 is 0. The molecule has 4 nitrogen and oxygen atoms in total. The highest BCUT2D eigenvalue weighted by Crippen LogP contribution is 1.86. The third-order valence-electron chi connectivity index (χ3n) is 0.959. The van der Waals surface area contributed by atoms with Gasteiger partial charge in [-0.05, 0) is 27.1 Å². The molecule has 2 N–H and O–H groups in total. The second-order valence-electron chi connectivity index (χ2n) is 2.44. The van der Waals surface area contributed by atoms with Crippen molar-refractivity contribution in [1.82, 2.24) is 4.90 Å². The van der Waals surface area contributed by atoms with Gasteiger partial charge < -0.3 is 15.1 Å². The van der Waals surface area contributed by atoms with E-state index in [2.05, 4.69) is 25.9 Å². The summed E-state index contributed by atoms with van der Waals surface area (Å²) in [6.45, 7) is 3.44. The third kappa shape index (κ3) is 46.2. The quantitative estimate of drug-likeness (QED) is 0.663. The SMILES string of the molecule is CCCCN(C)C.O=C(O)O. The van der Waals surface area contributed by atoms with E-state index in [1.165, 1.54) is 19.4 Å². The predicted octanol–water partition coefficient (Wildman–Crippen LogP) is 1.57. The molecule has 0 unspecified atom stereocenters. The van der Waals surface area contributed by atoms with Gasteiger partial charge in [0.15, 0.2) is 0 Å². The lowest BCUT2D eigenvalue weighted by atomic mass is 10.3. The van der Waals surface area contributed by atoms with Gasteiger partial charge in [-0.3, -0.25) is 0 Å². The van der Waals surface area contributed by atoms with Crippen molar-refractivity contribution in [2.24, 2.45) is 0 Å². The van der Waals surface area contributed by atoms with Crippen LogP contribution in [0.15, 0.2) is 0 Å². The molecule has 0 saturated heterocycles. The fraction of sp³-hybridized carbons (Fsp3) is 0.857. The van der Waals surface area contributed by atoms with Crippen molar-refractivity contribution in [3.8, 4) is 0 Å². The standard InChI is InChI=1S/C6H15N.CH2O3/c1-4-5-6-7(2)3;2-1(3)4/h4-6H2,1-3H3;(H2,2,3,4). The maximum absolute atomic E-state index is 8.56. The maximum atomic E-state index is 8.56. The Balaban J connectivity index is 0. The second kappa shape index (κ2) is 9.23. The first-order chi connectivity index (χ1) is 5.00. The fourth-order valence-corrected chi connectivity index (χ4v) is 0.474. The van der Waals surface area contributed by atoms with E-state index in [1.54, 1.807) is 0 Å². The Bertz CT molecular complexity index is 89.7. The number of nitrogens with zero attached hydrogens (tertiary/aromatic N) is 1. The van der Waals surface area contributed by atoms with Crippen LogP contribution in [-0.4, -0.2) is 41.9 Å². The van der Waals surface area contributed by atoms with Crippen molar-refractivity contribution in [2.75, 3.05) is 20.6 Å². The molecular formula is C7H17NO3. The molecule has 11 heavy (non-hydrogen) atoms. The zero-order valence-electron chi connectivity index (χ0n) is 7.37. The van der Waals surface area contributed by atoms with E-state index in [9.17, 15) is 0 Å². The Kier molecular flexibility index (Phi) is 10.8. The lowest BCUT2D eigenvalue weighted by Crippen LogP contribution is -2.12. The van der Waals surface area contributed by atoms with Gasteiger partial charge in [0.1, 0.15) is 0 Å². The highest BCUT2D eigenvalue weighted by molar-refractivity contribution is 5.53. The van der Waals surface area contributed by atoms with Crippen LogP contribution in [-0.2, 0) is 0 Å². The fourth-order valence-electron chi connectivity index (χ4n) is 0.474. The molecule has 0 aliphatic heterocycles. The zero-order chi connectivity index (χ0) is 9.28. The van der Waals surface area contributed by atoms with Crippen molar-refractivity contribution in [3.63, 3.8) is 0 Å². The van der Waals surface area contributed by atoms with Crippen LogP contribution in [0.2, 0.25) is 0 Å². The van der Waals surface area contributed by atoms with Crippen molar-refractivity contribution in [1.29, 1.82) is 0 Å². The molecule has 0 spiro atoms. The molecule has 0 aliphatic rings. The van der Waals surface area contributed by atoms with Crippen molar-refractivity contribution < 1.29 is 15.0 Å². The number of carboxylic acid groups (broad SMARTS) is 2. The topological polar surface area (TPSA) is 60.8 Å². The molecule has 68 valence electrons. The second-order valence-corrected chi connectivity index (χ2v) is 2.44. The van der Waals surface area contributed by atoms with E-state index in [-0.39, 0.29) is 0 Å². The average Bonchev–Trinajstić information content (AvgIpc) is 1.82. The Labute approximate surface area is 67.4 Å². The molecule has 0 radical (unpaired) electrons. The Hall–Kier alpha value is -0.770. The minimum atomic E-state index is -1.83. The molecule has 0 aliphatic carbocycles. The van der Waals surface area contributed by atoms with E-state index in [0.29, 0.717) is 0 Å². The first-order valence-electron chi connectivity index (χ1n) is 3.57. The molecule has 0 saturated carbocycles. The van der Waals surface area contributed by atoms with E-state index in [1.807, 2.05) is 0 Å². The van der Waals surface area contributed by atoms with Crippen LogP contribution in [0.3, 0.4) is 0 Å². The zero-order valence-corrected chi connectivity index (χ0v) is 7.37. The van der Waals surface area contributed by atoms with Gasteiger partial charge in [0.05, 0.1) is 0 Å². The molecule has 0 amide bonds. The Morgan fingerprint density at radius 1 is 1.36 bits per heavy atom. The van der Waals surface area contributed by atoms with Gasteiger partial charge in [-0.1, -0.05) is 13.3 Å². The summed E-state index contributed by atoms with van der Waals surface area (Å²) in [6, 6.07) is 0. The lowest BCUT2D eigenvalue weighted by molar-refractivity contribution is 0.137. The normalized spacial score (nSPS) is 8.73. The van der Waals surface area contributed by atoms with Crippen molar-refractivity contribution in [3.05, 3.63) is 0 Å². The smallest absolute Gasteiger partial charge is 0.450 e. The van der Waals surface area contributed by atoms with Gasteiger partial charge in [0.25, 0.3) is 0 Å². The largest absolute Gasteiger partial charge is 0.503 e. The number of carbonyl (C=O) groups is 1. The molecule has 0 rings (SSSR count). The van der Waals surface area contributed by atoms with Crippen LogP contribution in [0.25, 0.3) is 0 Å². The van der Waals surface area contributed by atoms with Crippen molar-refractivity contribution >= 4 is 6.16 Å². The summed E-state index contributed by atoms with van der Waals surface area (Å²) >= 11 is 0. The van der Waals surface area contributed by atoms with Gasteiger partial charge in [0, 0.05) is 0 Å². The molecule has 0 heterocycles. The molecule has 0 aromatic heterocycles. The summed E-state index contributed by atoms with van der Waals surface area (Å²) in [7, 11) is 4.21. The van der Waals surface area contributed by atoms with Gasteiger partial charge >= 0.3 is 6.16 Å². The number of hydrogen-bond acceptors (Lipinski definition) is 2. The van der Waals surface area contributed by atoms with Crippen LogP contribution in [0.1, 0.15) is 19.8 Å². The Morgan fingerprint density at radius 2 is 1.73 bits per heavy atom. The summed E-state index contributed by atoms with van der Waals surface area (Å²) in [5.74, 6) is 0. The number of unbranched alkanes of at least 4 members (excludes halogenated alkanes) is 1. The summed E-state index contributed by atoms with van der Waals surface area (Å²) in [4.78, 5) is 10.8. The maximum Gasteiger partial charge on any atom is 0.503 e. The third-order valence-corrected chi connectivity index (χ3v) is 0.959. The van der Waals surface area contributed by atoms with Crippen LogP contribution in [0.4, 0.5) is 4.79 Å². The van der Waals surface area contributed by atoms with Gasteiger partial charge in [-0.2, -0.15) is 0 Å². The van der Waals surface area contributed by atoms with Crippen LogP contribution in [0.5, 0.6) is 0 Å². The number of hydrogen-bond donors (Lipinski definition) is 2. The van der Waals surface area contributed by atoms with E-state index in [0.717, 1.165) is 0 Å². The monoisotopic (exact) mass is 163 g/mol. The highest BCUT2D eigenvalue weighted by atomic mass is 16.6. The van der Waals surface area contributed by atoms with Gasteiger partial charge in [0.2, 0.25) is 0 Å². The molecule has 0 bridgehead atoms. The first kappa shape index (κ1) is 12.9. The van der Waals surface area contributed by atoms with Gasteiger partial charge in [-0.25, -0.2) is 4.79 Å². The van der Waals surface area contributed by atoms with Gasteiger partial charge in [-0.15, -0.1) is 0 Å². The molecule has 0 aromatic carbocycles. The lowest BCUT2D eigenvalue weighted by Gasteiger charge is -2.05. The Morgan fingerprint density at radius 3 is 1.82 bits per heavy atom. The molecular weight excluding hydrogens is 146 g/mol. The van der Waals surface area contributed by atoms with Crippen LogP contribution < -0.4 is 0 Å². The molecule has 0 aromatic rings. The summed E-state index contributed by atoms with van der Waals surface area (Å²) in [5, 5.41) is 13.9. The summed E-state index contributed by atoms with van der Waals surface area (Å²) in [5.41, 5.74) is 0. The van der Waals surface area contributed by atoms with E-state index in [4.69, 9.17) is 15.0 Å². The van der Waals surface area contributed by atoms with Crippen LogP contribution >= 0.6 is 0 Å². The highest BCUT2D eigenvalue weighted by Gasteiger charge is 1.83. The number of rotatable bonds is 3. The predicted molar refractivity (Wildman–Crippen MR) is 44.1 cm³/mol. The molecule has 0 atom stereocenters. The van der Waals surface area contributed by atoms with Crippen molar-refractivity contribution in [2.45, 2.75) is 19.8 Å².